The Bertz CT molecular complexity index is 1140. The number of rotatable bonds is 7. The first-order chi connectivity index (χ1) is 16.2. The fourth-order valence-corrected chi connectivity index (χ4v) is 6.19. The third kappa shape index (κ3) is 5.47. The summed E-state index contributed by atoms with van der Waals surface area (Å²) in [6.45, 7) is 4.26. The van der Waals surface area contributed by atoms with Gasteiger partial charge in [0, 0.05) is 37.3 Å². The van der Waals surface area contributed by atoms with Crippen molar-refractivity contribution in [2.24, 2.45) is 11.8 Å². The lowest BCUT2D eigenvalue weighted by atomic mass is 9.81. The fourth-order valence-electron chi connectivity index (χ4n) is 5.02. The van der Waals surface area contributed by atoms with Crippen molar-refractivity contribution in [3.8, 4) is 0 Å². The van der Waals surface area contributed by atoms with Crippen LogP contribution in [-0.2, 0) is 32.6 Å². The first-order valence-electron chi connectivity index (χ1n) is 11.8. The van der Waals surface area contributed by atoms with Gasteiger partial charge in [-0.25, -0.2) is 13.1 Å². The summed E-state index contributed by atoms with van der Waals surface area (Å²) in [5, 5.41) is 2.96. The van der Waals surface area contributed by atoms with E-state index in [1.165, 1.54) is 6.92 Å². The number of pyridine rings is 1. The Morgan fingerprint density at radius 1 is 1.12 bits per heavy atom. The molecule has 0 radical (unpaired) electrons. The van der Waals surface area contributed by atoms with E-state index in [0.29, 0.717) is 19.5 Å². The maximum atomic E-state index is 12.9. The number of hydrogen-bond donors (Lipinski definition) is 2. The molecular formula is C25H32N4O4S. The number of anilines is 1. The molecule has 2 N–H and O–H groups in total. The predicted molar refractivity (Wildman–Crippen MR) is 129 cm³/mol. The third-order valence-corrected chi connectivity index (χ3v) is 8.29. The highest BCUT2D eigenvalue weighted by atomic mass is 32.2. The van der Waals surface area contributed by atoms with Gasteiger partial charge in [-0.15, -0.1) is 0 Å². The molecule has 2 aliphatic rings. The second kappa shape index (κ2) is 10.2. The number of aromatic nitrogens is 1. The van der Waals surface area contributed by atoms with Crippen LogP contribution in [0.25, 0.3) is 0 Å². The molecule has 0 spiro atoms. The molecule has 1 fully saturated rings. The average molecular weight is 485 g/mol. The Hall–Kier alpha value is -2.78. The van der Waals surface area contributed by atoms with Crippen LogP contribution >= 0.6 is 0 Å². The van der Waals surface area contributed by atoms with Crippen molar-refractivity contribution < 1.29 is 18.0 Å². The molecule has 2 amide bonds. The Morgan fingerprint density at radius 3 is 2.56 bits per heavy atom. The zero-order chi connectivity index (χ0) is 24.3. The molecule has 8 nitrogen and oxygen atoms in total. The SMILES string of the molecule is CC(=O)N1c2ccc(S(=O)(=O)NCC3CCC(C(=O)NCc4ccccn4)CC3)cc2C[C@@H]1C. The molecule has 182 valence electrons. The molecule has 0 bridgehead atoms. The van der Waals surface area contributed by atoms with Crippen LogP contribution in [0.4, 0.5) is 5.69 Å². The number of nitrogens with zero attached hydrogens (tertiary/aromatic N) is 2. The topological polar surface area (TPSA) is 108 Å². The summed E-state index contributed by atoms with van der Waals surface area (Å²) in [6.07, 6.45) is 5.46. The molecule has 1 aromatic carbocycles. The van der Waals surface area contributed by atoms with Crippen molar-refractivity contribution in [1.29, 1.82) is 0 Å². The van der Waals surface area contributed by atoms with Crippen molar-refractivity contribution in [3.63, 3.8) is 0 Å². The third-order valence-electron chi connectivity index (χ3n) is 6.87. The molecule has 0 unspecified atom stereocenters. The van der Waals surface area contributed by atoms with E-state index in [1.807, 2.05) is 25.1 Å². The lowest BCUT2D eigenvalue weighted by Crippen LogP contribution is -2.36. The van der Waals surface area contributed by atoms with E-state index in [1.54, 1.807) is 29.3 Å². The van der Waals surface area contributed by atoms with E-state index in [4.69, 9.17) is 0 Å². The lowest BCUT2D eigenvalue weighted by Gasteiger charge is -2.27. The highest BCUT2D eigenvalue weighted by Gasteiger charge is 2.31. The van der Waals surface area contributed by atoms with Crippen LogP contribution in [0.1, 0.15) is 50.8 Å². The Kier molecular flexibility index (Phi) is 7.33. The summed E-state index contributed by atoms with van der Waals surface area (Å²) in [7, 11) is -3.65. The van der Waals surface area contributed by atoms with Crippen LogP contribution in [0.5, 0.6) is 0 Å². The van der Waals surface area contributed by atoms with E-state index >= 15 is 0 Å². The number of hydrogen-bond acceptors (Lipinski definition) is 5. The number of amides is 2. The lowest BCUT2D eigenvalue weighted by molar-refractivity contribution is -0.126. The van der Waals surface area contributed by atoms with Gasteiger partial charge in [0.15, 0.2) is 0 Å². The van der Waals surface area contributed by atoms with Crippen molar-refractivity contribution >= 4 is 27.5 Å². The molecule has 4 rings (SSSR count). The van der Waals surface area contributed by atoms with Gasteiger partial charge in [-0.1, -0.05) is 6.07 Å². The Morgan fingerprint density at radius 2 is 1.88 bits per heavy atom. The number of nitrogens with one attached hydrogen (secondary N) is 2. The number of fused-ring (bicyclic) bond motifs is 1. The van der Waals surface area contributed by atoms with Gasteiger partial charge >= 0.3 is 0 Å². The van der Waals surface area contributed by atoms with Crippen LogP contribution < -0.4 is 14.9 Å². The van der Waals surface area contributed by atoms with E-state index in [-0.39, 0.29) is 34.6 Å². The molecule has 34 heavy (non-hydrogen) atoms. The molecule has 1 aliphatic carbocycles. The quantitative estimate of drug-likeness (QED) is 0.628. The molecule has 9 heteroatoms. The van der Waals surface area contributed by atoms with Gasteiger partial charge in [0.05, 0.1) is 17.1 Å². The van der Waals surface area contributed by atoms with E-state index < -0.39 is 10.0 Å². The van der Waals surface area contributed by atoms with Crippen LogP contribution in [0.2, 0.25) is 0 Å². The normalized spacial score (nSPS) is 22.3. The summed E-state index contributed by atoms with van der Waals surface area (Å²) in [5.41, 5.74) is 2.50. The minimum absolute atomic E-state index is 0.0229. The molecule has 0 saturated heterocycles. The van der Waals surface area contributed by atoms with Crippen molar-refractivity contribution in [2.75, 3.05) is 11.4 Å². The number of carbonyl (C=O) groups excluding carboxylic acids is 2. The van der Waals surface area contributed by atoms with Crippen LogP contribution in [0, 0.1) is 11.8 Å². The van der Waals surface area contributed by atoms with Crippen LogP contribution in [-0.4, -0.2) is 37.8 Å². The van der Waals surface area contributed by atoms with E-state index in [9.17, 15) is 18.0 Å². The predicted octanol–water partition coefficient (Wildman–Crippen LogP) is 2.78. The van der Waals surface area contributed by atoms with Gasteiger partial charge in [0.25, 0.3) is 0 Å². The molecule has 1 aromatic heterocycles. The summed E-state index contributed by atoms with van der Waals surface area (Å²) in [6, 6.07) is 10.6. The largest absolute Gasteiger partial charge is 0.350 e. The zero-order valence-corrected chi connectivity index (χ0v) is 20.5. The number of carbonyl (C=O) groups is 2. The number of benzene rings is 1. The fraction of sp³-hybridized carbons (Fsp3) is 0.480. The van der Waals surface area contributed by atoms with Gasteiger partial charge in [-0.05, 0) is 80.8 Å². The van der Waals surface area contributed by atoms with Crippen LogP contribution in [0.3, 0.4) is 0 Å². The molecule has 1 aliphatic heterocycles. The monoisotopic (exact) mass is 484 g/mol. The standard InChI is InChI=1S/C25H32N4O4S/c1-17-13-21-14-23(10-11-24(21)29(17)18(2)30)34(32,33)28-15-19-6-8-20(9-7-19)25(31)27-16-22-5-3-4-12-26-22/h3-5,10-12,14,17,19-20,28H,6-9,13,15-16H2,1-2H3,(H,27,31)/t17-,19?,20?/m0/s1. The average Bonchev–Trinajstić information content (AvgIpc) is 3.17. The number of sulfonamides is 1. The summed E-state index contributed by atoms with van der Waals surface area (Å²) in [5.74, 6) is 0.161. The molecule has 2 aromatic rings. The second-order valence-electron chi connectivity index (χ2n) is 9.34. The summed E-state index contributed by atoms with van der Waals surface area (Å²) < 4.78 is 28.6. The van der Waals surface area contributed by atoms with Gasteiger partial charge in [0.1, 0.15) is 0 Å². The van der Waals surface area contributed by atoms with Gasteiger partial charge in [-0.2, -0.15) is 0 Å². The highest BCUT2D eigenvalue weighted by molar-refractivity contribution is 7.89. The first kappa shape index (κ1) is 24.3. The first-order valence-corrected chi connectivity index (χ1v) is 13.3. The maximum Gasteiger partial charge on any atom is 0.240 e. The maximum absolute atomic E-state index is 12.9. The minimum atomic E-state index is -3.65. The van der Waals surface area contributed by atoms with E-state index in [2.05, 4.69) is 15.0 Å². The van der Waals surface area contributed by atoms with E-state index in [0.717, 1.165) is 42.6 Å². The molecular weight excluding hydrogens is 452 g/mol. The van der Waals surface area contributed by atoms with Crippen LogP contribution in [0.15, 0.2) is 47.5 Å². The molecule has 1 atom stereocenters. The minimum Gasteiger partial charge on any atom is -0.350 e. The second-order valence-corrected chi connectivity index (χ2v) is 11.1. The van der Waals surface area contributed by atoms with Gasteiger partial charge in [0.2, 0.25) is 21.8 Å². The zero-order valence-electron chi connectivity index (χ0n) is 19.7. The van der Waals surface area contributed by atoms with Crippen molar-refractivity contribution in [3.05, 3.63) is 53.9 Å². The Labute approximate surface area is 201 Å². The van der Waals surface area contributed by atoms with Crippen molar-refractivity contribution in [2.45, 2.75) is 63.4 Å². The Balaban J connectivity index is 1.27. The summed E-state index contributed by atoms with van der Waals surface area (Å²) >= 11 is 0. The van der Waals surface area contributed by atoms with Gasteiger partial charge in [-0.3, -0.25) is 14.6 Å². The molecule has 1 saturated carbocycles. The summed E-state index contributed by atoms with van der Waals surface area (Å²) in [4.78, 5) is 30.6. The highest BCUT2D eigenvalue weighted by Crippen LogP contribution is 2.34. The van der Waals surface area contributed by atoms with Gasteiger partial charge < -0.3 is 10.2 Å². The van der Waals surface area contributed by atoms with Crippen molar-refractivity contribution in [1.82, 2.24) is 15.0 Å². The molecule has 2 heterocycles. The smallest absolute Gasteiger partial charge is 0.240 e.